The maximum absolute atomic E-state index is 12.7. The lowest BCUT2D eigenvalue weighted by atomic mass is 10.0. The number of aliphatic carboxylic acids is 1. The third kappa shape index (κ3) is 9.20. The van der Waals surface area contributed by atoms with Crippen LogP contribution in [0.2, 0.25) is 0 Å². The number of nitrogens with two attached hydrogens (primary N) is 2. The molecule has 0 aliphatic heterocycles. The summed E-state index contributed by atoms with van der Waals surface area (Å²) in [7, 11) is 0. The molecule has 3 amide bonds. The van der Waals surface area contributed by atoms with E-state index in [1.54, 1.807) is 24.3 Å². The minimum Gasteiger partial charge on any atom is -0.480 e. The van der Waals surface area contributed by atoms with Crippen LogP contribution in [0.3, 0.4) is 0 Å². The van der Waals surface area contributed by atoms with E-state index in [2.05, 4.69) is 10.6 Å². The van der Waals surface area contributed by atoms with Gasteiger partial charge in [-0.2, -0.15) is 0 Å². The van der Waals surface area contributed by atoms with Crippen LogP contribution in [0.25, 0.3) is 0 Å². The molecule has 3 atom stereocenters. The smallest absolute Gasteiger partial charge is 0.326 e. The van der Waals surface area contributed by atoms with Crippen molar-refractivity contribution in [1.29, 1.82) is 0 Å². The van der Waals surface area contributed by atoms with Crippen LogP contribution >= 0.6 is 0 Å². The van der Waals surface area contributed by atoms with E-state index in [1.807, 2.05) is 19.9 Å². The summed E-state index contributed by atoms with van der Waals surface area (Å²) in [6, 6.07) is 5.84. The normalized spacial score (nSPS) is 13.9. The molecule has 1 aromatic rings. The molecule has 29 heavy (non-hydrogen) atoms. The Bertz CT molecular complexity index is 708. The van der Waals surface area contributed by atoms with E-state index < -0.39 is 41.8 Å². The van der Waals surface area contributed by atoms with Gasteiger partial charge in [0, 0.05) is 12.8 Å². The molecule has 9 heteroatoms. The van der Waals surface area contributed by atoms with E-state index >= 15 is 0 Å². The Kier molecular flexibility index (Phi) is 9.81. The first-order valence-corrected chi connectivity index (χ1v) is 9.51. The molecule has 160 valence electrons. The zero-order valence-electron chi connectivity index (χ0n) is 16.8. The van der Waals surface area contributed by atoms with Gasteiger partial charge in [-0.1, -0.05) is 44.2 Å². The number of carboxylic acids is 1. The van der Waals surface area contributed by atoms with Gasteiger partial charge in [0.05, 0.1) is 6.04 Å². The summed E-state index contributed by atoms with van der Waals surface area (Å²) >= 11 is 0. The van der Waals surface area contributed by atoms with Crippen LogP contribution in [0, 0.1) is 5.92 Å². The van der Waals surface area contributed by atoms with E-state index in [1.165, 1.54) is 0 Å². The predicted molar refractivity (Wildman–Crippen MR) is 108 cm³/mol. The van der Waals surface area contributed by atoms with Crippen molar-refractivity contribution >= 4 is 23.7 Å². The number of benzene rings is 1. The van der Waals surface area contributed by atoms with Crippen molar-refractivity contribution in [2.75, 3.05) is 0 Å². The van der Waals surface area contributed by atoms with Crippen molar-refractivity contribution in [3.8, 4) is 0 Å². The van der Waals surface area contributed by atoms with Crippen LogP contribution < -0.4 is 22.1 Å². The van der Waals surface area contributed by atoms with Gasteiger partial charge >= 0.3 is 5.97 Å². The molecule has 0 aliphatic carbocycles. The summed E-state index contributed by atoms with van der Waals surface area (Å²) in [5.41, 5.74) is 11.6. The van der Waals surface area contributed by atoms with Gasteiger partial charge in [-0.25, -0.2) is 4.79 Å². The van der Waals surface area contributed by atoms with Crippen LogP contribution in [-0.4, -0.2) is 46.9 Å². The fraction of sp³-hybridized carbons (Fsp3) is 0.500. The molecule has 7 N–H and O–H groups in total. The first-order chi connectivity index (χ1) is 13.6. The van der Waals surface area contributed by atoms with Crippen LogP contribution in [0.5, 0.6) is 0 Å². The zero-order valence-corrected chi connectivity index (χ0v) is 16.8. The van der Waals surface area contributed by atoms with Crippen LogP contribution in [0.1, 0.15) is 38.7 Å². The third-order valence-electron chi connectivity index (χ3n) is 4.28. The van der Waals surface area contributed by atoms with Gasteiger partial charge in [-0.05, 0) is 24.3 Å². The Morgan fingerprint density at radius 2 is 1.59 bits per heavy atom. The molecule has 3 unspecified atom stereocenters. The Morgan fingerprint density at radius 1 is 1.00 bits per heavy atom. The van der Waals surface area contributed by atoms with Crippen LogP contribution in [0.4, 0.5) is 0 Å². The Labute approximate surface area is 170 Å². The molecule has 1 rings (SSSR count). The van der Waals surface area contributed by atoms with Crippen molar-refractivity contribution in [2.45, 2.75) is 57.7 Å². The van der Waals surface area contributed by atoms with Gasteiger partial charge in [0.1, 0.15) is 12.1 Å². The molecule has 9 nitrogen and oxygen atoms in total. The number of hydrogen-bond donors (Lipinski definition) is 5. The molecule has 0 saturated carbocycles. The zero-order chi connectivity index (χ0) is 22.0. The monoisotopic (exact) mass is 406 g/mol. The van der Waals surface area contributed by atoms with Crippen LogP contribution in [-0.2, 0) is 25.6 Å². The van der Waals surface area contributed by atoms with E-state index in [0.717, 1.165) is 5.56 Å². The molecule has 0 fully saturated rings. The average Bonchev–Trinajstić information content (AvgIpc) is 2.65. The second-order valence-corrected chi connectivity index (χ2v) is 7.39. The molecule has 1 aromatic carbocycles. The molecule has 0 aliphatic rings. The van der Waals surface area contributed by atoms with Crippen molar-refractivity contribution in [3.05, 3.63) is 35.9 Å². The molecule has 0 bridgehead atoms. The molecule has 0 heterocycles. The van der Waals surface area contributed by atoms with E-state index in [-0.39, 0.29) is 25.2 Å². The largest absolute Gasteiger partial charge is 0.480 e. The summed E-state index contributed by atoms with van der Waals surface area (Å²) in [4.78, 5) is 47.4. The van der Waals surface area contributed by atoms with Gasteiger partial charge in [0.2, 0.25) is 17.7 Å². The summed E-state index contributed by atoms with van der Waals surface area (Å²) in [6.07, 6.45) is 0.427. The van der Waals surface area contributed by atoms with Crippen molar-refractivity contribution < 1.29 is 24.3 Å². The first kappa shape index (κ1) is 24.1. The summed E-state index contributed by atoms with van der Waals surface area (Å²) in [5.74, 6) is -2.88. The number of amides is 3. The van der Waals surface area contributed by atoms with Gasteiger partial charge in [0.15, 0.2) is 0 Å². The average molecular weight is 406 g/mol. The maximum atomic E-state index is 12.7. The number of carbonyl (C=O) groups excluding carboxylic acids is 3. The third-order valence-corrected chi connectivity index (χ3v) is 4.28. The van der Waals surface area contributed by atoms with E-state index in [4.69, 9.17) is 11.5 Å². The molecular weight excluding hydrogens is 376 g/mol. The van der Waals surface area contributed by atoms with E-state index in [0.29, 0.717) is 6.42 Å². The second kappa shape index (κ2) is 11.8. The summed E-state index contributed by atoms with van der Waals surface area (Å²) in [6.45, 7) is 3.75. The van der Waals surface area contributed by atoms with Crippen molar-refractivity contribution in [1.82, 2.24) is 10.6 Å². The van der Waals surface area contributed by atoms with Crippen molar-refractivity contribution in [2.24, 2.45) is 17.4 Å². The number of carboxylic acid groups (broad SMARTS) is 1. The highest BCUT2D eigenvalue weighted by atomic mass is 16.4. The van der Waals surface area contributed by atoms with Gasteiger partial charge in [-0.3, -0.25) is 14.4 Å². The lowest BCUT2D eigenvalue weighted by Crippen LogP contribution is -2.55. The summed E-state index contributed by atoms with van der Waals surface area (Å²) in [5, 5.41) is 14.5. The van der Waals surface area contributed by atoms with Gasteiger partial charge in [-0.15, -0.1) is 0 Å². The van der Waals surface area contributed by atoms with Gasteiger partial charge in [0.25, 0.3) is 0 Å². The van der Waals surface area contributed by atoms with Crippen LogP contribution in [0.15, 0.2) is 30.3 Å². The molecule has 0 spiro atoms. The Hall–Kier alpha value is -2.94. The highest BCUT2D eigenvalue weighted by Crippen LogP contribution is 2.08. The summed E-state index contributed by atoms with van der Waals surface area (Å²) < 4.78 is 0. The quantitative estimate of drug-likeness (QED) is 0.326. The maximum Gasteiger partial charge on any atom is 0.326 e. The van der Waals surface area contributed by atoms with Crippen molar-refractivity contribution in [3.63, 3.8) is 0 Å². The standard InChI is InChI=1S/C20H30N4O5/c1-12(2)10-15(23-18(26)14(21)8-9-17(22)25)19(27)24-16(20(28)29)11-13-6-4-3-5-7-13/h3-7,12,14-16H,8-11,21H2,1-2H3,(H2,22,25)(H,23,26)(H,24,27)(H,28,29). The topological polar surface area (TPSA) is 165 Å². The lowest BCUT2D eigenvalue weighted by Gasteiger charge is -2.24. The molecule has 0 saturated heterocycles. The molecular formula is C20H30N4O5. The number of rotatable bonds is 12. The number of nitrogens with one attached hydrogen (secondary N) is 2. The molecule has 0 aromatic heterocycles. The highest BCUT2D eigenvalue weighted by molar-refractivity contribution is 5.92. The highest BCUT2D eigenvalue weighted by Gasteiger charge is 2.28. The number of carbonyl (C=O) groups is 4. The Morgan fingerprint density at radius 3 is 2.10 bits per heavy atom. The fourth-order valence-electron chi connectivity index (χ4n) is 2.73. The first-order valence-electron chi connectivity index (χ1n) is 9.51. The Balaban J connectivity index is 2.81. The predicted octanol–water partition coefficient (Wildman–Crippen LogP) is -0.0778. The van der Waals surface area contributed by atoms with E-state index in [9.17, 15) is 24.3 Å². The van der Waals surface area contributed by atoms with Gasteiger partial charge < -0.3 is 27.2 Å². The second-order valence-electron chi connectivity index (χ2n) is 7.39. The fourth-order valence-corrected chi connectivity index (χ4v) is 2.73. The SMILES string of the molecule is CC(C)CC(NC(=O)C(N)CCC(N)=O)C(=O)NC(Cc1ccccc1)C(=O)O. The minimum absolute atomic E-state index is 0.0478. The lowest BCUT2D eigenvalue weighted by molar-refractivity contribution is -0.142. The molecule has 0 radical (unpaired) electrons. The number of hydrogen-bond acceptors (Lipinski definition) is 5. The number of primary amides is 1. The minimum atomic E-state index is -1.17.